The number of benzene rings is 2. The Balaban J connectivity index is 1.43. The van der Waals surface area contributed by atoms with Crippen molar-refractivity contribution in [3.8, 4) is 5.75 Å². The van der Waals surface area contributed by atoms with Gasteiger partial charge in [-0.05, 0) is 49.2 Å². The van der Waals surface area contributed by atoms with Crippen LogP contribution in [0.25, 0.3) is 11.0 Å². The summed E-state index contributed by atoms with van der Waals surface area (Å²) in [5.74, 6) is 0.368. The smallest absolute Gasteiger partial charge is 0.243 e. The zero-order chi connectivity index (χ0) is 22.0. The zero-order valence-corrected chi connectivity index (χ0v) is 18.6. The summed E-state index contributed by atoms with van der Waals surface area (Å²) in [4.78, 5) is 16.9. The summed E-state index contributed by atoms with van der Waals surface area (Å²) in [6.45, 7) is 1.52. The maximum Gasteiger partial charge on any atom is 0.243 e. The van der Waals surface area contributed by atoms with Crippen LogP contribution >= 0.6 is 11.6 Å². The quantitative estimate of drug-likeness (QED) is 0.580. The first-order valence-corrected chi connectivity index (χ1v) is 11.8. The highest BCUT2D eigenvalue weighted by atomic mass is 35.5. The number of nitrogens with zero attached hydrogens (tertiary/aromatic N) is 3. The third kappa shape index (κ3) is 4.53. The third-order valence-electron chi connectivity index (χ3n) is 5.31. The Morgan fingerprint density at radius 2 is 1.97 bits per heavy atom. The normalized spacial score (nSPS) is 14.8. The third-order valence-corrected chi connectivity index (χ3v) is 7.50. The highest BCUT2D eigenvalue weighted by Gasteiger charge is 2.27. The lowest BCUT2D eigenvalue weighted by Crippen LogP contribution is -2.27. The van der Waals surface area contributed by atoms with Gasteiger partial charge in [-0.25, -0.2) is 13.4 Å². The van der Waals surface area contributed by atoms with Crippen LogP contribution in [0.15, 0.2) is 47.6 Å². The lowest BCUT2D eigenvalue weighted by molar-refractivity contribution is -0.116. The Morgan fingerprint density at radius 3 is 2.68 bits per heavy atom. The summed E-state index contributed by atoms with van der Waals surface area (Å²) < 4.78 is 34.0. The average Bonchev–Trinajstić information content (AvgIpc) is 3.42. The number of carbonyl (C=O) groups excluding carboxylic acids is 1. The molecule has 1 aromatic heterocycles. The van der Waals surface area contributed by atoms with Crippen molar-refractivity contribution < 1.29 is 17.9 Å². The molecule has 2 heterocycles. The Labute approximate surface area is 185 Å². The Morgan fingerprint density at radius 1 is 1.19 bits per heavy atom. The minimum Gasteiger partial charge on any atom is -0.495 e. The van der Waals surface area contributed by atoms with Crippen molar-refractivity contribution in [2.45, 2.75) is 30.7 Å². The second kappa shape index (κ2) is 8.86. The van der Waals surface area contributed by atoms with Gasteiger partial charge in [0.25, 0.3) is 0 Å². The number of hydrogen-bond donors (Lipinski definition) is 1. The monoisotopic (exact) mass is 462 g/mol. The van der Waals surface area contributed by atoms with E-state index in [4.69, 9.17) is 16.3 Å². The predicted molar refractivity (Wildman–Crippen MR) is 119 cm³/mol. The Hall–Kier alpha value is -2.62. The minimum absolute atomic E-state index is 0.170. The van der Waals surface area contributed by atoms with E-state index in [0.717, 1.165) is 18.4 Å². The van der Waals surface area contributed by atoms with E-state index in [2.05, 4.69) is 10.3 Å². The number of amides is 1. The first-order valence-electron chi connectivity index (χ1n) is 9.97. The van der Waals surface area contributed by atoms with Gasteiger partial charge in [-0.2, -0.15) is 4.31 Å². The van der Waals surface area contributed by atoms with E-state index >= 15 is 0 Å². The van der Waals surface area contributed by atoms with Crippen LogP contribution in [0, 0.1) is 0 Å². The molecule has 0 bridgehead atoms. The van der Waals surface area contributed by atoms with Gasteiger partial charge in [0.2, 0.25) is 15.9 Å². The van der Waals surface area contributed by atoms with Crippen LogP contribution in [0.1, 0.15) is 19.3 Å². The van der Waals surface area contributed by atoms with Crippen molar-refractivity contribution in [3.63, 3.8) is 0 Å². The van der Waals surface area contributed by atoms with E-state index in [1.165, 1.54) is 11.4 Å². The van der Waals surface area contributed by atoms with Crippen molar-refractivity contribution >= 4 is 44.3 Å². The Bertz CT molecular complexity index is 1220. The summed E-state index contributed by atoms with van der Waals surface area (Å²) in [5.41, 5.74) is 1.95. The second-order valence-corrected chi connectivity index (χ2v) is 9.69. The van der Waals surface area contributed by atoms with Crippen LogP contribution in [0.4, 0.5) is 5.69 Å². The molecule has 1 saturated heterocycles. The van der Waals surface area contributed by atoms with Crippen LogP contribution in [0.3, 0.4) is 0 Å². The summed E-state index contributed by atoms with van der Waals surface area (Å²) >= 11 is 6.09. The molecule has 1 aliphatic heterocycles. The molecular formula is C21H23ClN4O4S. The molecule has 1 amide bonds. The first-order chi connectivity index (χ1) is 14.9. The number of hydrogen-bond acceptors (Lipinski definition) is 5. The van der Waals surface area contributed by atoms with E-state index < -0.39 is 10.0 Å². The maximum atomic E-state index is 12.8. The number of nitrogens with one attached hydrogen (secondary N) is 1. The van der Waals surface area contributed by atoms with Crippen molar-refractivity contribution in [1.82, 2.24) is 13.9 Å². The van der Waals surface area contributed by atoms with Gasteiger partial charge in [0.15, 0.2) is 0 Å². The fourth-order valence-electron chi connectivity index (χ4n) is 3.65. The van der Waals surface area contributed by atoms with Gasteiger partial charge < -0.3 is 14.6 Å². The van der Waals surface area contributed by atoms with Gasteiger partial charge in [-0.1, -0.05) is 11.6 Å². The number of sulfonamides is 1. The number of ether oxygens (including phenoxy) is 1. The van der Waals surface area contributed by atoms with Crippen molar-refractivity contribution in [2.24, 2.45) is 0 Å². The number of carbonyl (C=O) groups is 1. The predicted octanol–water partition coefficient (Wildman–Crippen LogP) is 3.51. The average molecular weight is 463 g/mol. The number of rotatable bonds is 7. The van der Waals surface area contributed by atoms with Crippen molar-refractivity contribution in [3.05, 3.63) is 47.7 Å². The molecule has 3 aromatic rings. The van der Waals surface area contributed by atoms with Gasteiger partial charge in [0.05, 0.1) is 34.4 Å². The highest BCUT2D eigenvalue weighted by molar-refractivity contribution is 7.89. The molecule has 1 fully saturated rings. The van der Waals surface area contributed by atoms with Gasteiger partial charge >= 0.3 is 0 Å². The molecule has 8 nitrogen and oxygen atoms in total. The van der Waals surface area contributed by atoms with E-state index in [1.807, 2.05) is 4.57 Å². The maximum absolute atomic E-state index is 12.8. The molecule has 2 aromatic carbocycles. The van der Waals surface area contributed by atoms with Gasteiger partial charge in [-0.3, -0.25) is 4.79 Å². The number of aryl methyl sites for hydroxylation is 1. The molecular weight excluding hydrogens is 440 g/mol. The number of methoxy groups -OCH3 is 1. The summed E-state index contributed by atoms with van der Waals surface area (Å²) in [7, 11) is -1.96. The minimum atomic E-state index is -3.49. The molecule has 0 aliphatic carbocycles. The molecule has 164 valence electrons. The zero-order valence-electron chi connectivity index (χ0n) is 17.0. The fourth-order valence-corrected chi connectivity index (χ4v) is 5.44. The van der Waals surface area contributed by atoms with Crippen LogP contribution in [-0.2, 0) is 21.4 Å². The number of fused-ring (bicyclic) bond motifs is 1. The van der Waals surface area contributed by atoms with Crippen molar-refractivity contribution in [1.29, 1.82) is 0 Å². The fraction of sp³-hybridized carbons (Fsp3) is 0.333. The van der Waals surface area contributed by atoms with Crippen LogP contribution in [0.2, 0.25) is 5.02 Å². The van der Waals surface area contributed by atoms with Gasteiger partial charge in [0.1, 0.15) is 5.75 Å². The van der Waals surface area contributed by atoms with Gasteiger partial charge in [0, 0.05) is 31.7 Å². The highest BCUT2D eigenvalue weighted by Crippen LogP contribution is 2.27. The number of halogens is 1. The molecule has 31 heavy (non-hydrogen) atoms. The molecule has 10 heteroatoms. The van der Waals surface area contributed by atoms with Gasteiger partial charge in [-0.15, -0.1) is 0 Å². The molecule has 4 rings (SSSR count). The van der Waals surface area contributed by atoms with Crippen LogP contribution in [-0.4, -0.2) is 48.4 Å². The summed E-state index contributed by atoms with van der Waals surface area (Å²) in [5, 5.41) is 3.22. The SMILES string of the molecule is COc1ccc(NC(=O)CCn2cnc3cc(S(=O)(=O)N4CCCC4)ccc32)cc1Cl. The summed E-state index contributed by atoms with van der Waals surface area (Å²) in [6, 6.07) is 9.98. The molecule has 0 radical (unpaired) electrons. The topological polar surface area (TPSA) is 93.5 Å². The standard InChI is InChI=1S/C21H23ClN4O4S/c1-30-20-7-4-15(12-17(20)22)24-21(27)8-11-25-14-23-18-13-16(5-6-19(18)25)31(28,29)26-9-2-3-10-26/h4-7,12-14H,2-3,8-11H2,1H3,(H,24,27). The van der Waals surface area contributed by atoms with E-state index in [9.17, 15) is 13.2 Å². The lowest BCUT2D eigenvalue weighted by atomic mass is 10.2. The molecule has 0 atom stereocenters. The number of imidazole rings is 1. The Kier molecular flexibility index (Phi) is 6.17. The largest absolute Gasteiger partial charge is 0.495 e. The van der Waals surface area contributed by atoms with Crippen LogP contribution < -0.4 is 10.1 Å². The molecule has 0 saturated carbocycles. The van der Waals surface area contributed by atoms with E-state index in [1.54, 1.807) is 42.7 Å². The molecule has 0 unspecified atom stereocenters. The number of anilines is 1. The summed E-state index contributed by atoms with van der Waals surface area (Å²) in [6.07, 6.45) is 3.62. The molecule has 1 N–H and O–H groups in total. The molecule has 1 aliphatic rings. The molecule has 0 spiro atoms. The lowest BCUT2D eigenvalue weighted by Gasteiger charge is -2.15. The second-order valence-electron chi connectivity index (χ2n) is 7.35. The van der Waals surface area contributed by atoms with Crippen molar-refractivity contribution in [2.75, 3.05) is 25.5 Å². The van der Waals surface area contributed by atoms with E-state index in [-0.39, 0.29) is 17.2 Å². The number of aromatic nitrogens is 2. The van der Waals surface area contributed by atoms with Crippen LogP contribution in [0.5, 0.6) is 5.75 Å². The van der Waals surface area contributed by atoms with E-state index in [0.29, 0.717) is 41.6 Å². The first kappa shape index (κ1) is 21.6.